The first kappa shape index (κ1) is 17.7. The Morgan fingerprint density at radius 3 is 2.88 bits per heavy atom. The van der Waals surface area contributed by atoms with Crippen LogP contribution in [0.5, 0.6) is 11.5 Å². The highest BCUT2D eigenvalue weighted by molar-refractivity contribution is 7.18. The van der Waals surface area contributed by atoms with E-state index in [4.69, 9.17) is 9.47 Å². The van der Waals surface area contributed by atoms with Crippen LogP contribution in [0.3, 0.4) is 0 Å². The van der Waals surface area contributed by atoms with Crippen molar-refractivity contribution < 1.29 is 14.3 Å². The van der Waals surface area contributed by atoms with Crippen LogP contribution in [-0.2, 0) is 11.3 Å². The zero-order valence-electron chi connectivity index (χ0n) is 14.2. The Hall–Kier alpha value is -3.13. The number of aromatic nitrogens is 2. The number of aromatic amines is 1. The fourth-order valence-corrected chi connectivity index (χ4v) is 3.31. The molecule has 0 atom stereocenters. The number of methoxy groups -OCH3 is 2. The smallest absolute Gasteiger partial charge is 0.259 e. The lowest BCUT2D eigenvalue weighted by Crippen LogP contribution is -2.19. The average molecular weight is 371 g/mol. The maximum absolute atomic E-state index is 12.1. The Morgan fingerprint density at radius 1 is 1.31 bits per heavy atom. The van der Waals surface area contributed by atoms with Gasteiger partial charge in [0.05, 0.1) is 32.5 Å². The number of carbonyl (C=O) groups is 1. The van der Waals surface area contributed by atoms with Gasteiger partial charge in [-0.1, -0.05) is 0 Å². The third-order valence-corrected chi connectivity index (χ3v) is 4.72. The van der Waals surface area contributed by atoms with E-state index in [-0.39, 0.29) is 11.5 Å². The summed E-state index contributed by atoms with van der Waals surface area (Å²) in [5, 5.41) is 3.31. The topological polar surface area (TPSA) is 93.3 Å². The molecule has 2 N–H and O–H groups in total. The van der Waals surface area contributed by atoms with Gasteiger partial charge in [-0.2, -0.15) is 0 Å². The summed E-state index contributed by atoms with van der Waals surface area (Å²) in [5.74, 6) is 1.06. The number of hydrogen-bond acceptors (Lipinski definition) is 6. The van der Waals surface area contributed by atoms with E-state index in [0.717, 1.165) is 10.4 Å². The fraction of sp³-hybridized carbons (Fsp3) is 0.167. The lowest BCUT2D eigenvalue weighted by Gasteiger charge is -2.07. The second kappa shape index (κ2) is 7.83. The number of ether oxygens (including phenoxy) is 2. The maximum atomic E-state index is 12.1. The van der Waals surface area contributed by atoms with E-state index in [1.807, 2.05) is 0 Å². The standard InChI is InChI=1S/C18H17N3O4S/c1-24-12-4-5-15(25-2)11(7-12)3-6-16(22)19-9-13-8-14-17(23)20-10-21-18(14)26-13/h3-8,10H,9H2,1-2H3,(H,19,22)(H,20,21,23)/b6-3+. The minimum atomic E-state index is -0.255. The highest BCUT2D eigenvalue weighted by Crippen LogP contribution is 2.25. The molecule has 0 radical (unpaired) electrons. The largest absolute Gasteiger partial charge is 0.497 e. The quantitative estimate of drug-likeness (QED) is 0.649. The third kappa shape index (κ3) is 3.92. The zero-order valence-corrected chi connectivity index (χ0v) is 15.1. The van der Waals surface area contributed by atoms with Crippen LogP contribution in [0.15, 0.2) is 41.5 Å². The second-order valence-corrected chi connectivity index (χ2v) is 6.44. The molecule has 3 rings (SSSR count). The summed E-state index contributed by atoms with van der Waals surface area (Å²) in [4.78, 5) is 31.9. The van der Waals surface area contributed by atoms with Gasteiger partial charge in [0.25, 0.3) is 5.56 Å². The molecule has 0 saturated heterocycles. The number of H-pyrrole nitrogens is 1. The SMILES string of the molecule is COc1ccc(OC)c(/C=C/C(=O)NCc2cc3c(=O)[nH]cnc3s2)c1. The summed E-state index contributed by atoms with van der Waals surface area (Å²) in [6.07, 6.45) is 4.46. The van der Waals surface area contributed by atoms with Gasteiger partial charge in [0, 0.05) is 16.5 Å². The van der Waals surface area contributed by atoms with E-state index in [1.54, 1.807) is 44.6 Å². The van der Waals surface area contributed by atoms with E-state index >= 15 is 0 Å². The number of nitrogens with one attached hydrogen (secondary N) is 2. The third-order valence-electron chi connectivity index (χ3n) is 3.67. The van der Waals surface area contributed by atoms with Crippen LogP contribution in [0.1, 0.15) is 10.4 Å². The van der Waals surface area contributed by atoms with Crippen molar-refractivity contribution in [3.8, 4) is 11.5 Å². The summed E-state index contributed by atoms with van der Waals surface area (Å²) < 4.78 is 10.5. The Labute approximate surface area is 153 Å². The Bertz CT molecular complexity index is 1020. The molecule has 2 heterocycles. The fourth-order valence-electron chi connectivity index (χ4n) is 2.37. The predicted molar refractivity (Wildman–Crippen MR) is 101 cm³/mol. The van der Waals surface area contributed by atoms with Crippen molar-refractivity contribution in [2.24, 2.45) is 0 Å². The van der Waals surface area contributed by atoms with Crippen LogP contribution in [0, 0.1) is 0 Å². The Kier molecular flexibility index (Phi) is 5.33. The summed E-state index contributed by atoms with van der Waals surface area (Å²) in [6.45, 7) is 0.318. The van der Waals surface area contributed by atoms with Gasteiger partial charge in [-0.15, -0.1) is 11.3 Å². The molecular weight excluding hydrogens is 354 g/mol. The van der Waals surface area contributed by atoms with Crippen LogP contribution in [0.25, 0.3) is 16.3 Å². The number of hydrogen-bond donors (Lipinski definition) is 2. The monoisotopic (exact) mass is 371 g/mol. The van der Waals surface area contributed by atoms with E-state index in [1.165, 1.54) is 23.7 Å². The van der Waals surface area contributed by atoms with Crippen LogP contribution >= 0.6 is 11.3 Å². The van der Waals surface area contributed by atoms with E-state index in [0.29, 0.717) is 28.3 Å². The highest BCUT2D eigenvalue weighted by atomic mass is 32.1. The number of carbonyl (C=O) groups excluding carboxylic acids is 1. The molecule has 0 aliphatic rings. The summed E-state index contributed by atoms with van der Waals surface area (Å²) in [6, 6.07) is 7.08. The molecule has 0 spiro atoms. The summed E-state index contributed by atoms with van der Waals surface area (Å²) in [7, 11) is 3.14. The maximum Gasteiger partial charge on any atom is 0.259 e. The molecule has 0 bridgehead atoms. The molecule has 0 unspecified atom stereocenters. The molecule has 2 aromatic heterocycles. The molecule has 1 amide bonds. The first-order chi connectivity index (χ1) is 12.6. The number of fused-ring (bicyclic) bond motifs is 1. The van der Waals surface area contributed by atoms with Crippen LogP contribution in [0.4, 0.5) is 0 Å². The molecule has 0 saturated carbocycles. The van der Waals surface area contributed by atoms with Gasteiger partial charge >= 0.3 is 0 Å². The van der Waals surface area contributed by atoms with E-state index in [9.17, 15) is 9.59 Å². The minimum Gasteiger partial charge on any atom is -0.497 e. The van der Waals surface area contributed by atoms with Gasteiger partial charge in [-0.25, -0.2) is 4.98 Å². The van der Waals surface area contributed by atoms with Gasteiger partial charge < -0.3 is 19.8 Å². The molecule has 1 aromatic carbocycles. The minimum absolute atomic E-state index is 0.186. The lowest BCUT2D eigenvalue weighted by molar-refractivity contribution is -0.116. The van der Waals surface area contributed by atoms with Crippen molar-refractivity contribution >= 4 is 33.5 Å². The average Bonchev–Trinajstić information content (AvgIpc) is 3.09. The highest BCUT2D eigenvalue weighted by Gasteiger charge is 2.07. The molecule has 0 aliphatic carbocycles. The van der Waals surface area contributed by atoms with Gasteiger partial charge in [0.15, 0.2) is 0 Å². The molecule has 8 heteroatoms. The number of amides is 1. The molecule has 134 valence electrons. The van der Waals surface area contributed by atoms with Gasteiger partial charge in [-0.05, 0) is 30.3 Å². The lowest BCUT2D eigenvalue weighted by atomic mass is 10.1. The number of thiophene rings is 1. The van der Waals surface area contributed by atoms with Crippen molar-refractivity contribution in [2.45, 2.75) is 6.54 Å². The van der Waals surface area contributed by atoms with Crippen LogP contribution < -0.4 is 20.3 Å². The normalized spacial score (nSPS) is 11.0. The molecule has 3 aromatic rings. The van der Waals surface area contributed by atoms with Crippen LogP contribution in [-0.4, -0.2) is 30.1 Å². The van der Waals surface area contributed by atoms with Crippen molar-refractivity contribution in [2.75, 3.05) is 14.2 Å². The first-order valence-electron chi connectivity index (χ1n) is 7.74. The summed E-state index contributed by atoms with van der Waals surface area (Å²) in [5.41, 5.74) is 0.549. The van der Waals surface area contributed by atoms with Crippen molar-refractivity contribution in [3.05, 3.63) is 57.5 Å². The van der Waals surface area contributed by atoms with Crippen molar-refractivity contribution in [1.82, 2.24) is 15.3 Å². The number of benzene rings is 1. The molecular formula is C18H17N3O4S. The van der Waals surface area contributed by atoms with Gasteiger partial charge in [0.1, 0.15) is 16.3 Å². The van der Waals surface area contributed by atoms with Crippen LogP contribution in [0.2, 0.25) is 0 Å². The summed E-state index contributed by atoms with van der Waals surface area (Å²) >= 11 is 1.37. The van der Waals surface area contributed by atoms with Gasteiger partial charge in [0.2, 0.25) is 5.91 Å². The molecule has 0 aliphatic heterocycles. The number of nitrogens with zero attached hydrogens (tertiary/aromatic N) is 1. The molecule has 26 heavy (non-hydrogen) atoms. The van der Waals surface area contributed by atoms with E-state index < -0.39 is 0 Å². The Balaban J connectivity index is 1.67. The molecule has 0 fully saturated rings. The second-order valence-electron chi connectivity index (χ2n) is 5.32. The number of rotatable bonds is 6. The molecule has 7 nitrogen and oxygen atoms in total. The Morgan fingerprint density at radius 2 is 2.15 bits per heavy atom. The van der Waals surface area contributed by atoms with Gasteiger partial charge in [-0.3, -0.25) is 9.59 Å². The first-order valence-corrected chi connectivity index (χ1v) is 8.56. The van der Waals surface area contributed by atoms with Crippen molar-refractivity contribution in [3.63, 3.8) is 0 Å². The van der Waals surface area contributed by atoms with Crippen molar-refractivity contribution in [1.29, 1.82) is 0 Å². The predicted octanol–water partition coefficient (Wildman–Crippen LogP) is 2.33. The van der Waals surface area contributed by atoms with E-state index in [2.05, 4.69) is 15.3 Å². The zero-order chi connectivity index (χ0) is 18.5.